The Morgan fingerprint density at radius 2 is 1.35 bits per heavy atom. The van der Waals surface area contributed by atoms with Crippen LogP contribution >= 0.6 is 11.3 Å². The molecule has 478 valence electrons. The van der Waals surface area contributed by atoms with Crippen molar-refractivity contribution in [2.45, 2.75) is 88.9 Å². The smallest absolute Gasteiger partial charge is 0.325 e. The van der Waals surface area contributed by atoms with Crippen molar-refractivity contribution in [2.24, 2.45) is 5.92 Å². The summed E-state index contributed by atoms with van der Waals surface area (Å²) in [6.07, 6.45) is 9.34. The van der Waals surface area contributed by atoms with Gasteiger partial charge in [-0.1, -0.05) is 41.6 Å². The summed E-state index contributed by atoms with van der Waals surface area (Å²) in [5.41, 5.74) is 4.51. The average Bonchev–Trinajstić information content (AvgIpc) is 1.63. The van der Waals surface area contributed by atoms with Gasteiger partial charge in [0.05, 0.1) is 84.8 Å². The number of fused-ring (bicyclic) bond motifs is 1. The molecule has 2 aromatic heterocycles. The van der Waals surface area contributed by atoms with Crippen LogP contribution < -0.4 is 34.9 Å². The minimum absolute atomic E-state index is 0.0116. The van der Waals surface area contributed by atoms with Crippen LogP contribution in [-0.2, 0) is 60.9 Å². The van der Waals surface area contributed by atoms with Gasteiger partial charge in [0.25, 0.3) is 0 Å². The highest BCUT2D eigenvalue weighted by Crippen LogP contribution is 2.57. The number of carbonyl (C=O) groups is 4. The molecule has 1 aliphatic heterocycles. The van der Waals surface area contributed by atoms with Crippen LogP contribution in [0.2, 0.25) is 0 Å². The maximum atomic E-state index is 14.6. The highest BCUT2D eigenvalue weighted by Gasteiger charge is 2.58. The summed E-state index contributed by atoms with van der Waals surface area (Å²) in [5, 5.41) is 19.4. The lowest BCUT2D eigenvalue weighted by atomic mass is 9.74. The van der Waals surface area contributed by atoms with E-state index in [1.54, 1.807) is 48.5 Å². The van der Waals surface area contributed by atoms with Gasteiger partial charge in [0.2, 0.25) is 17.7 Å². The van der Waals surface area contributed by atoms with Gasteiger partial charge in [0.15, 0.2) is 5.13 Å². The zero-order valence-corrected chi connectivity index (χ0v) is 52.7. The molecule has 89 heavy (non-hydrogen) atoms. The Morgan fingerprint density at radius 3 is 2.06 bits per heavy atom. The van der Waals surface area contributed by atoms with Crippen molar-refractivity contribution >= 4 is 45.9 Å². The fourth-order valence-corrected chi connectivity index (χ4v) is 12.2. The topological polar surface area (TPSA) is 226 Å². The van der Waals surface area contributed by atoms with Crippen LogP contribution in [0.4, 0.5) is 15.6 Å². The van der Waals surface area contributed by atoms with E-state index in [0.29, 0.717) is 126 Å². The number of piperazine rings is 1. The summed E-state index contributed by atoms with van der Waals surface area (Å²) in [4.78, 5) is 66.9. The Morgan fingerprint density at radius 1 is 0.697 bits per heavy atom. The molecule has 4 fully saturated rings. The van der Waals surface area contributed by atoms with Crippen LogP contribution in [0.25, 0.3) is 0 Å². The summed E-state index contributed by atoms with van der Waals surface area (Å²) in [7, 11) is 7.40. The predicted molar refractivity (Wildman–Crippen MR) is 340 cm³/mol. The molecule has 23 heteroatoms. The molecule has 0 radical (unpaired) electrons. The van der Waals surface area contributed by atoms with Crippen LogP contribution in [0.3, 0.4) is 0 Å². The number of likely N-dealkylation sites (N-methyl/N-ethyl adjacent to an activating group) is 2. The summed E-state index contributed by atoms with van der Waals surface area (Å²) in [6, 6.07) is 29.0. The van der Waals surface area contributed by atoms with E-state index in [1.807, 2.05) is 88.8 Å². The number of hydrogen-bond acceptors (Lipinski definition) is 17. The molecule has 5 amide bonds. The normalized spacial score (nSPS) is 16.6. The molecule has 3 heterocycles. The van der Waals surface area contributed by atoms with Crippen molar-refractivity contribution in [3.63, 3.8) is 0 Å². The lowest BCUT2D eigenvalue weighted by Gasteiger charge is -2.51. The van der Waals surface area contributed by atoms with Gasteiger partial charge in [-0.05, 0) is 149 Å². The van der Waals surface area contributed by atoms with E-state index in [9.17, 15) is 19.2 Å². The number of rotatable bonds is 37. The quantitative estimate of drug-likeness (QED) is 0.0315. The van der Waals surface area contributed by atoms with Crippen molar-refractivity contribution in [3.8, 4) is 23.0 Å². The molecule has 3 N–H and O–H groups in total. The summed E-state index contributed by atoms with van der Waals surface area (Å²) < 4.78 is 41.8. The second kappa shape index (κ2) is 33.8. The maximum Gasteiger partial charge on any atom is 0.325 e. The lowest BCUT2D eigenvalue weighted by Crippen LogP contribution is -2.58. The van der Waals surface area contributed by atoms with E-state index in [0.717, 1.165) is 98.6 Å². The second-order valence-electron chi connectivity index (χ2n) is 23.1. The van der Waals surface area contributed by atoms with Gasteiger partial charge >= 0.3 is 6.03 Å². The number of carbonyl (C=O) groups excluding carboxylic acids is 4. The molecular formula is C66H87N11O11S. The number of nitrogens with one attached hydrogen (secondary N) is 3. The van der Waals surface area contributed by atoms with Gasteiger partial charge in [-0.25, -0.2) is 14.5 Å². The van der Waals surface area contributed by atoms with E-state index < -0.39 is 12.1 Å². The van der Waals surface area contributed by atoms with Gasteiger partial charge in [-0.15, -0.1) is 16.4 Å². The molecule has 3 aliphatic carbocycles. The Bertz CT molecular complexity index is 3130. The van der Waals surface area contributed by atoms with Crippen LogP contribution in [-0.4, -0.2) is 189 Å². The summed E-state index contributed by atoms with van der Waals surface area (Å²) in [5.74, 6) is 3.32. The van der Waals surface area contributed by atoms with Gasteiger partial charge in [-0.3, -0.25) is 19.7 Å². The molecule has 1 saturated heterocycles. The summed E-state index contributed by atoms with van der Waals surface area (Å²) in [6.45, 7) is 9.75. The first-order valence-corrected chi connectivity index (χ1v) is 31.9. The van der Waals surface area contributed by atoms with E-state index in [2.05, 4.69) is 55.1 Å². The van der Waals surface area contributed by atoms with Gasteiger partial charge in [-0.2, -0.15) is 0 Å². The van der Waals surface area contributed by atoms with E-state index in [-0.39, 0.29) is 36.1 Å². The number of nitrogens with zero attached hydrogens (tertiary/aromatic N) is 8. The largest absolute Gasteiger partial charge is 0.497 e. The number of aryl methyl sites for hydroxylation is 1. The van der Waals surface area contributed by atoms with E-state index >= 15 is 0 Å². The number of hydrogen-bond donors (Lipinski definition) is 3. The third-order valence-electron chi connectivity index (χ3n) is 16.6. The number of unbranched alkanes of at least 4 members (excludes halogenated alkanes) is 1. The number of amides is 5. The van der Waals surface area contributed by atoms with Crippen molar-refractivity contribution in [1.82, 2.24) is 44.9 Å². The number of thiazole rings is 1. The van der Waals surface area contributed by atoms with Crippen LogP contribution in [0.5, 0.6) is 23.0 Å². The van der Waals surface area contributed by atoms with Gasteiger partial charge in [0.1, 0.15) is 35.6 Å². The van der Waals surface area contributed by atoms with Crippen molar-refractivity contribution in [1.29, 1.82) is 0 Å². The molecule has 4 aromatic carbocycles. The Hall–Kier alpha value is -7.67. The standard InChI is InChI=1S/C66H87N11O11S/c1-73(28-5-6-35-87-58-18-7-49(8-19-58)11-24-60(78)77(66-27-25-51(44-66)45-66)62(52-12-20-57(83-4)21-13-52)63(80)67-46-50-9-16-56(82-3)17-10-50)33-37-85-40-39-84-36-26-54-47-76(72-71-54)34-38-86-41-42-88-59-22-14-53(15-23-59)68-64(81)70-65-69-55(48-89-65)43-61(79)75-31-29-74(2)30-32-75/h7-10,12-23,47-48,51,62H,5-6,11,24-46H2,1-4H3,(H,67,80)(H2,68,69,70,81). The SMILES string of the molecule is COc1ccc(CNC(=O)C(c2ccc(OC)cc2)N(C(=O)CCc2ccc(OCCCCN(C)CCOCCOCCc3cn(CCOCCOc4ccc(NC(=O)Nc5nc(CC(=O)N6CCN(C)CC6)cs5)cc4)nn3)cc2)C23CCC(C2)C3)cc1. The fourth-order valence-electron chi connectivity index (χ4n) is 11.5. The minimum atomic E-state index is -0.777. The van der Waals surface area contributed by atoms with Crippen LogP contribution in [0.15, 0.2) is 109 Å². The molecule has 2 bridgehead atoms. The van der Waals surface area contributed by atoms with Crippen LogP contribution in [0, 0.1) is 5.92 Å². The summed E-state index contributed by atoms with van der Waals surface area (Å²) >= 11 is 1.28. The van der Waals surface area contributed by atoms with Crippen molar-refractivity contribution in [2.75, 3.05) is 131 Å². The first-order chi connectivity index (χ1) is 43.4. The number of aromatic nitrogens is 4. The Labute approximate surface area is 526 Å². The van der Waals surface area contributed by atoms with Crippen molar-refractivity contribution in [3.05, 3.63) is 137 Å². The minimum Gasteiger partial charge on any atom is -0.497 e. The molecule has 10 rings (SSSR count). The second-order valence-corrected chi connectivity index (χ2v) is 23.9. The lowest BCUT2D eigenvalue weighted by molar-refractivity contribution is -0.152. The Kier molecular flexibility index (Phi) is 25.0. The molecule has 22 nitrogen and oxygen atoms in total. The molecule has 0 spiro atoms. The van der Waals surface area contributed by atoms with E-state index in [4.69, 9.17) is 33.2 Å². The first kappa shape index (κ1) is 65.8. The van der Waals surface area contributed by atoms with Gasteiger partial charge in [0, 0.05) is 74.9 Å². The molecular weight excluding hydrogens is 1150 g/mol. The maximum absolute atomic E-state index is 14.6. The Balaban J connectivity index is 0.572. The number of methoxy groups -OCH3 is 2. The molecule has 1 unspecified atom stereocenters. The van der Waals surface area contributed by atoms with Crippen LogP contribution in [0.1, 0.15) is 79.1 Å². The zero-order valence-electron chi connectivity index (χ0n) is 51.9. The fraction of sp³-hybridized carbons (Fsp3) is 0.500. The first-order valence-electron chi connectivity index (χ1n) is 31.0. The van der Waals surface area contributed by atoms with Gasteiger partial charge < -0.3 is 63.4 Å². The molecule has 4 aliphatic rings. The third-order valence-corrected chi connectivity index (χ3v) is 17.4. The number of urea groups is 1. The highest BCUT2D eigenvalue weighted by molar-refractivity contribution is 7.14. The van der Waals surface area contributed by atoms with Crippen molar-refractivity contribution < 1.29 is 52.3 Å². The molecule has 6 aromatic rings. The number of anilines is 2. The highest BCUT2D eigenvalue weighted by atomic mass is 32.1. The third kappa shape index (κ3) is 20.2. The number of ether oxygens (including phenoxy) is 7. The molecule has 1 atom stereocenters. The molecule has 3 saturated carbocycles. The monoisotopic (exact) mass is 1240 g/mol. The zero-order chi connectivity index (χ0) is 62.2. The predicted octanol–water partition coefficient (Wildman–Crippen LogP) is 7.94. The number of benzene rings is 4. The average molecular weight is 1240 g/mol. The van der Waals surface area contributed by atoms with E-state index in [1.165, 1.54) is 11.3 Å².